The minimum atomic E-state index is -0.934. The number of amides is 1. The lowest BCUT2D eigenvalue weighted by Gasteiger charge is -2.27. The van der Waals surface area contributed by atoms with Crippen LogP contribution in [0.2, 0.25) is 5.02 Å². The van der Waals surface area contributed by atoms with Crippen molar-refractivity contribution in [2.75, 3.05) is 38.4 Å². The topological polar surface area (TPSA) is 107 Å². The molecule has 1 fully saturated rings. The molecule has 3 atom stereocenters. The molecule has 0 aromatic heterocycles. The quantitative estimate of drug-likeness (QED) is 0.206. The SMILES string of the molecule is CCc1cc(Cl)cc(CC)c1NC(=O)CN1C[C@H](c2ccc3c(c2)OCO3)C(C(=O)O)[C@@H]1c1ccc(OCCOC(C)C)cc1. The van der Waals surface area contributed by atoms with E-state index in [1.165, 1.54) is 0 Å². The summed E-state index contributed by atoms with van der Waals surface area (Å²) in [6.45, 7) is 9.36. The largest absolute Gasteiger partial charge is 0.491 e. The number of hydrogen-bond acceptors (Lipinski definition) is 7. The van der Waals surface area contributed by atoms with Gasteiger partial charge in [0, 0.05) is 29.2 Å². The second-order valence-corrected chi connectivity index (χ2v) is 12.1. The van der Waals surface area contributed by atoms with Crippen molar-refractivity contribution in [3.8, 4) is 17.2 Å². The summed E-state index contributed by atoms with van der Waals surface area (Å²) >= 11 is 6.35. The van der Waals surface area contributed by atoms with E-state index in [0.717, 1.165) is 27.9 Å². The van der Waals surface area contributed by atoms with E-state index < -0.39 is 23.8 Å². The molecule has 2 aliphatic heterocycles. The number of aliphatic carboxylic acids is 1. The molecule has 1 saturated heterocycles. The number of nitrogens with zero attached hydrogens (tertiary/aromatic N) is 1. The van der Waals surface area contributed by atoms with Crippen LogP contribution in [-0.4, -0.2) is 61.1 Å². The van der Waals surface area contributed by atoms with Crippen molar-refractivity contribution in [3.63, 3.8) is 0 Å². The molecule has 240 valence electrons. The summed E-state index contributed by atoms with van der Waals surface area (Å²) in [6, 6.07) is 16.2. The number of carbonyl (C=O) groups is 2. The van der Waals surface area contributed by atoms with Gasteiger partial charge < -0.3 is 29.4 Å². The van der Waals surface area contributed by atoms with E-state index in [1.807, 2.05) is 87.2 Å². The van der Waals surface area contributed by atoms with Gasteiger partial charge in [-0.2, -0.15) is 0 Å². The highest BCUT2D eigenvalue weighted by Crippen LogP contribution is 2.48. The van der Waals surface area contributed by atoms with Gasteiger partial charge in [-0.05, 0) is 85.3 Å². The second kappa shape index (κ2) is 14.5. The number of carboxylic acids is 1. The molecular weight excluding hydrogens is 596 g/mol. The van der Waals surface area contributed by atoms with Crippen molar-refractivity contribution in [3.05, 3.63) is 81.9 Å². The summed E-state index contributed by atoms with van der Waals surface area (Å²) in [5, 5.41) is 14.4. The smallest absolute Gasteiger partial charge is 0.309 e. The summed E-state index contributed by atoms with van der Waals surface area (Å²) in [5.74, 6) is -0.483. The lowest BCUT2D eigenvalue weighted by atomic mass is 9.82. The molecule has 5 rings (SSSR count). The lowest BCUT2D eigenvalue weighted by Crippen LogP contribution is -2.35. The van der Waals surface area contributed by atoms with Crippen LogP contribution in [0.3, 0.4) is 0 Å². The molecule has 0 bridgehead atoms. The van der Waals surface area contributed by atoms with Crippen molar-refractivity contribution < 1.29 is 33.6 Å². The van der Waals surface area contributed by atoms with E-state index in [9.17, 15) is 14.7 Å². The molecule has 0 saturated carbocycles. The third-order valence-corrected chi connectivity index (χ3v) is 8.59. The van der Waals surface area contributed by atoms with Gasteiger partial charge in [0.25, 0.3) is 0 Å². The Balaban J connectivity index is 1.43. The fourth-order valence-electron chi connectivity index (χ4n) is 6.28. The molecule has 2 aliphatic rings. The molecule has 1 amide bonds. The lowest BCUT2D eigenvalue weighted by molar-refractivity contribution is -0.143. The number of benzene rings is 3. The molecule has 2 heterocycles. The maximum absolute atomic E-state index is 13.7. The first-order valence-electron chi connectivity index (χ1n) is 15.5. The molecule has 3 aromatic carbocycles. The van der Waals surface area contributed by atoms with Crippen LogP contribution < -0.4 is 19.5 Å². The highest BCUT2D eigenvalue weighted by atomic mass is 35.5. The number of likely N-dealkylation sites (tertiary alicyclic amines) is 1. The molecule has 3 aromatic rings. The Morgan fingerprint density at radius 2 is 1.64 bits per heavy atom. The van der Waals surface area contributed by atoms with E-state index in [2.05, 4.69) is 5.32 Å². The highest BCUT2D eigenvalue weighted by molar-refractivity contribution is 6.30. The summed E-state index contributed by atoms with van der Waals surface area (Å²) in [5.41, 5.74) is 4.31. The Morgan fingerprint density at radius 3 is 2.29 bits per heavy atom. The Bertz CT molecular complexity index is 1490. The summed E-state index contributed by atoms with van der Waals surface area (Å²) in [4.78, 5) is 28.6. The van der Waals surface area contributed by atoms with Crippen LogP contribution in [0, 0.1) is 5.92 Å². The van der Waals surface area contributed by atoms with Gasteiger partial charge in [0.15, 0.2) is 11.5 Å². The first-order valence-corrected chi connectivity index (χ1v) is 15.9. The van der Waals surface area contributed by atoms with Crippen LogP contribution in [0.4, 0.5) is 5.69 Å². The number of carboxylic acid groups (broad SMARTS) is 1. The Hall–Kier alpha value is -3.79. The number of nitrogens with one attached hydrogen (secondary N) is 1. The monoisotopic (exact) mass is 636 g/mol. The predicted molar refractivity (Wildman–Crippen MR) is 173 cm³/mol. The van der Waals surface area contributed by atoms with E-state index in [-0.39, 0.29) is 25.3 Å². The number of hydrogen-bond donors (Lipinski definition) is 2. The first kappa shape index (κ1) is 32.6. The van der Waals surface area contributed by atoms with Gasteiger partial charge in [0.2, 0.25) is 12.7 Å². The maximum atomic E-state index is 13.7. The molecule has 1 unspecified atom stereocenters. The third-order valence-electron chi connectivity index (χ3n) is 8.37. The summed E-state index contributed by atoms with van der Waals surface area (Å²) in [7, 11) is 0. The summed E-state index contributed by atoms with van der Waals surface area (Å²) < 4.78 is 22.5. The fourth-order valence-corrected chi connectivity index (χ4v) is 6.55. The molecule has 0 spiro atoms. The normalized spacial score (nSPS) is 19.2. The van der Waals surface area contributed by atoms with Crippen LogP contribution >= 0.6 is 11.6 Å². The van der Waals surface area contributed by atoms with Gasteiger partial charge in [-0.1, -0.05) is 43.6 Å². The average molecular weight is 637 g/mol. The van der Waals surface area contributed by atoms with Crippen molar-refractivity contribution >= 4 is 29.2 Å². The van der Waals surface area contributed by atoms with Crippen molar-refractivity contribution in [2.24, 2.45) is 5.92 Å². The molecule has 45 heavy (non-hydrogen) atoms. The van der Waals surface area contributed by atoms with Crippen LogP contribution in [0.5, 0.6) is 17.2 Å². The molecule has 2 N–H and O–H groups in total. The number of ether oxygens (including phenoxy) is 4. The first-order chi connectivity index (χ1) is 21.7. The molecule has 9 nitrogen and oxygen atoms in total. The number of fused-ring (bicyclic) bond motifs is 1. The minimum Gasteiger partial charge on any atom is -0.491 e. The van der Waals surface area contributed by atoms with Gasteiger partial charge in [0.05, 0.1) is 25.2 Å². The Labute approximate surface area is 269 Å². The zero-order chi connectivity index (χ0) is 32.1. The van der Waals surface area contributed by atoms with Crippen LogP contribution in [0.15, 0.2) is 54.6 Å². The number of aryl methyl sites for hydroxylation is 2. The predicted octanol–water partition coefficient (Wildman–Crippen LogP) is 6.48. The van der Waals surface area contributed by atoms with Crippen LogP contribution in [0.1, 0.15) is 61.9 Å². The fraction of sp³-hybridized carbons (Fsp3) is 0.429. The van der Waals surface area contributed by atoms with Crippen molar-refractivity contribution in [1.82, 2.24) is 4.90 Å². The van der Waals surface area contributed by atoms with Gasteiger partial charge >= 0.3 is 5.97 Å². The standard InChI is InChI=1S/C35H41ClN2O7/c1-5-22-15-26(36)16-23(6-2)33(22)37-31(39)19-38-18-28(25-9-12-29-30(17-25)45-20-44-29)32(35(40)41)34(38)24-7-10-27(11-8-24)43-14-13-42-21(3)4/h7-12,15-17,21,28,32,34H,5-6,13-14,18-20H2,1-4H3,(H,37,39)(H,40,41)/t28-,32?,34+/m1/s1. The van der Waals surface area contributed by atoms with Gasteiger partial charge in [-0.15, -0.1) is 0 Å². The van der Waals surface area contributed by atoms with Gasteiger partial charge in [-0.3, -0.25) is 14.5 Å². The van der Waals surface area contributed by atoms with Crippen LogP contribution in [0.25, 0.3) is 0 Å². The van der Waals surface area contributed by atoms with Gasteiger partial charge in [0.1, 0.15) is 12.4 Å². The Kier molecular flexibility index (Phi) is 10.5. The number of rotatable bonds is 13. The Morgan fingerprint density at radius 1 is 0.978 bits per heavy atom. The van der Waals surface area contributed by atoms with Crippen molar-refractivity contribution in [1.29, 1.82) is 0 Å². The van der Waals surface area contributed by atoms with E-state index in [4.69, 9.17) is 30.5 Å². The van der Waals surface area contributed by atoms with E-state index in [0.29, 0.717) is 54.9 Å². The summed E-state index contributed by atoms with van der Waals surface area (Å²) in [6.07, 6.45) is 1.54. The van der Waals surface area contributed by atoms with Crippen molar-refractivity contribution in [2.45, 2.75) is 58.6 Å². The highest BCUT2D eigenvalue weighted by Gasteiger charge is 2.48. The second-order valence-electron chi connectivity index (χ2n) is 11.6. The van der Waals surface area contributed by atoms with Crippen LogP contribution in [-0.2, 0) is 27.2 Å². The minimum absolute atomic E-state index is 0.00915. The molecule has 10 heteroatoms. The average Bonchev–Trinajstić information content (AvgIpc) is 3.64. The molecule has 0 radical (unpaired) electrons. The molecule has 0 aliphatic carbocycles. The zero-order valence-corrected chi connectivity index (χ0v) is 26.9. The van der Waals surface area contributed by atoms with E-state index >= 15 is 0 Å². The third kappa shape index (κ3) is 7.54. The van der Waals surface area contributed by atoms with E-state index in [1.54, 1.807) is 0 Å². The number of anilines is 1. The number of halogens is 1. The van der Waals surface area contributed by atoms with Gasteiger partial charge in [-0.25, -0.2) is 0 Å². The zero-order valence-electron chi connectivity index (χ0n) is 26.2. The molecular formula is C35H41ClN2O7. The number of carbonyl (C=O) groups excluding carboxylic acids is 1. The maximum Gasteiger partial charge on any atom is 0.309 e.